The molecule has 34 heavy (non-hydrogen) atoms. The van der Waals surface area contributed by atoms with E-state index in [-0.39, 0.29) is 12.0 Å². The Morgan fingerprint density at radius 1 is 1.06 bits per heavy atom. The summed E-state index contributed by atoms with van der Waals surface area (Å²) < 4.78 is 4.98. The van der Waals surface area contributed by atoms with Crippen LogP contribution in [0, 0.1) is 0 Å². The van der Waals surface area contributed by atoms with Crippen molar-refractivity contribution < 1.29 is 14.3 Å². The van der Waals surface area contributed by atoms with E-state index in [9.17, 15) is 9.59 Å². The number of cyclic esters (lactones) is 1. The quantitative estimate of drug-likeness (QED) is 0.407. The van der Waals surface area contributed by atoms with Gasteiger partial charge in [-0.3, -0.25) is 9.89 Å². The van der Waals surface area contributed by atoms with Gasteiger partial charge in [0.1, 0.15) is 6.61 Å². The second-order valence-electron chi connectivity index (χ2n) is 8.28. The van der Waals surface area contributed by atoms with E-state index in [0.717, 1.165) is 33.3 Å². The van der Waals surface area contributed by atoms with Gasteiger partial charge in [0.05, 0.1) is 24.3 Å². The molecule has 2 heterocycles. The first kappa shape index (κ1) is 22.0. The van der Waals surface area contributed by atoms with Gasteiger partial charge < -0.3 is 15.0 Å². The van der Waals surface area contributed by atoms with Crippen LogP contribution in [0.2, 0.25) is 5.02 Å². The van der Waals surface area contributed by atoms with Gasteiger partial charge >= 0.3 is 6.09 Å². The first-order valence-corrected chi connectivity index (χ1v) is 11.4. The molecule has 1 saturated heterocycles. The number of hydrogen-bond donors (Lipinski definition) is 2. The topological polar surface area (TPSA) is 87.3 Å². The Labute approximate surface area is 201 Å². The van der Waals surface area contributed by atoms with Crippen LogP contribution in [0.3, 0.4) is 0 Å². The third-order valence-electron chi connectivity index (χ3n) is 5.86. The van der Waals surface area contributed by atoms with Crippen LogP contribution in [-0.4, -0.2) is 40.2 Å². The summed E-state index contributed by atoms with van der Waals surface area (Å²) in [6.07, 6.45) is 0.445. The summed E-state index contributed by atoms with van der Waals surface area (Å²) in [5.41, 5.74) is 5.45. The van der Waals surface area contributed by atoms with Gasteiger partial charge in [-0.2, -0.15) is 5.10 Å². The third-order valence-corrected chi connectivity index (χ3v) is 6.09. The number of amides is 2. The van der Waals surface area contributed by atoms with Gasteiger partial charge in [-0.1, -0.05) is 48.0 Å². The SMILES string of the molecule is O=C(NCc1[nH]nc2ccc(Cl)cc12)c1cccc(Cc2ccc(CN3CCOC3=O)cc2)c1. The van der Waals surface area contributed by atoms with Gasteiger partial charge in [0.15, 0.2) is 0 Å². The van der Waals surface area contributed by atoms with Gasteiger partial charge in [-0.05, 0) is 53.4 Å². The molecule has 1 aliphatic rings. The fourth-order valence-corrected chi connectivity index (χ4v) is 4.22. The molecule has 8 heteroatoms. The lowest BCUT2D eigenvalue weighted by Gasteiger charge is -2.13. The Morgan fingerprint density at radius 3 is 2.68 bits per heavy atom. The molecule has 0 unspecified atom stereocenters. The molecule has 2 amide bonds. The monoisotopic (exact) mass is 474 g/mol. The van der Waals surface area contributed by atoms with Gasteiger partial charge in [-0.15, -0.1) is 0 Å². The minimum Gasteiger partial charge on any atom is -0.448 e. The van der Waals surface area contributed by atoms with Crippen molar-refractivity contribution in [3.8, 4) is 0 Å². The summed E-state index contributed by atoms with van der Waals surface area (Å²) >= 11 is 6.09. The van der Waals surface area contributed by atoms with Gasteiger partial charge in [-0.25, -0.2) is 4.79 Å². The number of carbonyl (C=O) groups is 2. The van der Waals surface area contributed by atoms with Crippen LogP contribution >= 0.6 is 11.6 Å². The van der Waals surface area contributed by atoms with Crippen LogP contribution in [0.15, 0.2) is 66.7 Å². The number of nitrogens with one attached hydrogen (secondary N) is 2. The van der Waals surface area contributed by atoms with Crippen LogP contribution in [-0.2, 0) is 24.2 Å². The zero-order chi connectivity index (χ0) is 23.5. The number of hydrogen-bond acceptors (Lipinski definition) is 4. The largest absolute Gasteiger partial charge is 0.448 e. The fraction of sp³-hybridized carbons (Fsp3) is 0.192. The highest BCUT2D eigenvalue weighted by atomic mass is 35.5. The van der Waals surface area contributed by atoms with Crippen molar-refractivity contribution in [2.75, 3.05) is 13.2 Å². The highest BCUT2D eigenvalue weighted by Crippen LogP contribution is 2.21. The van der Waals surface area contributed by atoms with Crippen LogP contribution in [0.4, 0.5) is 4.79 Å². The predicted molar refractivity (Wildman–Crippen MR) is 130 cm³/mol. The summed E-state index contributed by atoms with van der Waals surface area (Å²) in [6, 6.07) is 21.2. The number of halogens is 1. The lowest BCUT2D eigenvalue weighted by molar-refractivity contribution is 0.0950. The van der Waals surface area contributed by atoms with E-state index in [0.29, 0.717) is 43.2 Å². The lowest BCUT2D eigenvalue weighted by Crippen LogP contribution is -2.23. The molecule has 0 aliphatic carbocycles. The van der Waals surface area contributed by atoms with Gasteiger partial charge in [0.25, 0.3) is 5.91 Å². The van der Waals surface area contributed by atoms with Crippen molar-refractivity contribution in [2.45, 2.75) is 19.5 Å². The van der Waals surface area contributed by atoms with Crippen LogP contribution in [0.25, 0.3) is 10.9 Å². The minimum absolute atomic E-state index is 0.153. The third kappa shape index (κ3) is 4.89. The Balaban J connectivity index is 1.21. The molecule has 7 nitrogen and oxygen atoms in total. The zero-order valence-corrected chi connectivity index (χ0v) is 19.1. The van der Waals surface area contributed by atoms with Crippen LogP contribution < -0.4 is 5.32 Å². The van der Waals surface area contributed by atoms with Crippen LogP contribution in [0.5, 0.6) is 0 Å². The molecule has 1 aromatic heterocycles. The summed E-state index contributed by atoms with van der Waals surface area (Å²) in [4.78, 5) is 26.1. The van der Waals surface area contributed by atoms with E-state index in [1.165, 1.54) is 0 Å². The molecule has 0 radical (unpaired) electrons. The predicted octanol–water partition coefficient (Wildman–Crippen LogP) is 4.69. The number of aromatic nitrogens is 2. The molecule has 172 valence electrons. The molecule has 0 spiro atoms. The van der Waals surface area contributed by atoms with Crippen molar-refractivity contribution >= 4 is 34.5 Å². The van der Waals surface area contributed by atoms with E-state index in [1.54, 1.807) is 17.0 Å². The Bertz CT molecular complexity index is 1350. The van der Waals surface area contributed by atoms with Crippen molar-refractivity contribution in [1.29, 1.82) is 0 Å². The molecule has 0 saturated carbocycles. The second kappa shape index (κ2) is 9.57. The Morgan fingerprint density at radius 2 is 1.88 bits per heavy atom. The summed E-state index contributed by atoms with van der Waals surface area (Å²) in [5.74, 6) is -0.153. The van der Waals surface area contributed by atoms with Gasteiger partial charge in [0, 0.05) is 22.5 Å². The van der Waals surface area contributed by atoms with E-state index >= 15 is 0 Å². The fourth-order valence-electron chi connectivity index (χ4n) is 4.05. The summed E-state index contributed by atoms with van der Waals surface area (Å²) in [6.45, 7) is 1.95. The molecule has 1 aliphatic heterocycles. The highest BCUT2D eigenvalue weighted by molar-refractivity contribution is 6.31. The number of aromatic amines is 1. The van der Waals surface area contributed by atoms with Gasteiger partial charge in [0.2, 0.25) is 0 Å². The maximum atomic E-state index is 12.8. The molecule has 2 N–H and O–H groups in total. The van der Waals surface area contributed by atoms with E-state index in [2.05, 4.69) is 27.6 Å². The zero-order valence-electron chi connectivity index (χ0n) is 18.4. The van der Waals surface area contributed by atoms with Crippen molar-refractivity contribution in [3.63, 3.8) is 0 Å². The average molecular weight is 475 g/mol. The number of H-pyrrole nitrogens is 1. The number of benzene rings is 3. The number of carbonyl (C=O) groups excluding carboxylic acids is 2. The number of nitrogens with zero attached hydrogens (tertiary/aromatic N) is 2. The minimum atomic E-state index is -0.260. The van der Waals surface area contributed by atoms with E-state index < -0.39 is 0 Å². The highest BCUT2D eigenvalue weighted by Gasteiger charge is 2.21. The molecule has 5 rings (SSSR count). The number of ether oxygens (including phenoxy) is 1. The standard InChI is InChI=1S/C26H23ClN4O3/c27-21-8-9-23-22(14-21)24(30-29-23)15-28-25(32)20-3-1-2-19(13-20)12-17-4-6-18(7-5-17)16-31-10-11-34-26(31)33/h1-9,13-14H,10-12,15-16H2,(H,28,32)(H,29,30). The van der Waals surface area contributed by atoms with Crippen molar-refractivity contribution in [3.05, 3.63) is 99.7 Å². The molecule has 3 aromatic carbocycles. The molecule has 0 bridgehead atoms. The molecule has 0 atom stereocenters. The summed E-state index contributed by atoms with van der Waals surface area (Å²) in [5, 5.41) is 11.7. The van der Waals surface area contributed by atoms with Crippen molar-refractivity contribution in [1.82, 2.24) is 20.4 Å². The van der Waals surface area contributed by atoms with Crippen LogP contribution in [0.1, 0.15) is 32.7 Å². The normalized spacial score (nSPS) is 13.3. The average Bonchev–Trinajstić information content (AvgIpc) is 3.44. The maximum Gasteiger partial charge on any atom is 0.410 e. The molecular weight excluding hydrogens is 452 g/mol. The first-order chi connectivity index (χ1) is 16.5. The molecule has 1 fully saturated rings. The Hall–Kier alpha value is -3.84. The Kier molecular flexibility index (Phi) is 6.18. The smallest absolute Gasteiger partial charge is 0.410 e. The first-order valence-electron chi connectivity index (χ1n) is 11.0. The summed E-state index contributed by atoms with van der Waals surface area (Å²) in [7, 11) is 0. The van der Waals surface area contributed by atoms with E-state index in [4.69, 9.17) is 16.3 Å². The second-order valence-corrected chi connectivity index (χ2v) is 8.71. The molecule has 4 aromatic rings. The number of rotatable bonds is 7. The number of fused-ring (bicyclic) bond motifs is 1. The lowest BCUT2D eigenvalue weighted by atomic mass is 10.0. The maximum absolute atomic E-state index is 12.8. The van der Waals surface area contributed by atoms with E-state index in [1.807, 2.05) is 42.5 Å². The van der Waals surface area contributed by atoms with Crippen molar-refractivity contribution in [2.24, 2.45) is 0 Å². The molecular formula is C26H23ClN4O3.